The van der Waals surface area contributed by atoms with E-state index in [2.05, 4.69) is 21.2 Å². The van der Waals surface area contributed by atoms with Gasteiger partial charge in [-0.25, -0.2) is 13.7 Å². The highest BCUT2D eigenvalue weighted by Crippen LogP contribution is 2.51. The minimum atomic E-state index is -1.83. The van der Waals surface area contributed by atoms with Gasteiger partial charge < -0.3 is 5.11 Å². The van der Waals surface area contributed by atoms with Crippen LogP contribution in [0.2, 0.25) is 0 Å². The van der Waals surface area contributed by atoms with Crippen molar-refractivity contribution in [3.63, 3.8) is 0 Å². The largest absolute Gasteiger partial charge is 0.480 e. The van der Waals surface area contributed by atoms with Crippen molar-refractivity contribution < 1.29 is 28.3 Å². The average molecular weight is 541 g/mol. The van der Waals surface area contributed by atoms with Gasteiger partial charge in [0.1, 0.15) is 17.2 Å². The smallest absolute Gasteiger partial charge is 0.325 e. The number of carboxylic acid groups (broad SMARTS) is 1. The first kappa shape index (κ1) is 23.3. The molecule has 3 aromatic carbocycles. The van der Waals surface area contributed by atoms with Crippen molar-refractivity contribution in [1.29, 1.82) is 0 Å². The second-order valence-electron chi connectivity index (χ2n) is 8.72. The number of carbonyl (C=O) groups excluding carboxylic acids is 2. The summed E-state index contributed by atoms with van der Waals surface area (Å²) in [6, 6.07) is 17.5. The van der Waals surface area contributed by atoms with E-state index in [1.54, 1.807) is 54.6 Å². The van der Waals surface area contributed by atoms with Crippen LogP contribution in [0.25, 0.3) is 0 Å². The number of amides is 2. The molecule has 0 aliphatic carbocycles. The van der Waals surface area contributed by atoms with Crippen LogP contribution in [-0.4, -0.2) is 28.4 Å². The summed E-state index contributed by atoms with van der Waals surface area (Å²) in [6.07, 6.45) is -0.0733. The summed E-state index contributed by atoms with van der Waals surface area (Å²) in [5, 5.41) is 13.6. The zero-order chi connectivity index (χ0) is 24.9. The lowest BCUT2D eigenvalue weighted by Gasteiger charge is -2.31. The number of carboxylic acids is 1. The number of imide groups is 1. The zero-order valence-electron chi connectivity index (χ0n) is 18.1. The highest BCUT2D eigenvalue weighted by Gasteiger charge is 2.68. The van der Waals surface area contributed by atoms with Crippen LogP contribution in [0.1, 0.15) is 17.2 Å². The van der Waals surface area contributed by atoms with Crippen molar-refractivity contribution in [1.82, 2.24) is 5.32 Å². The third-order valence-corrected chi connectivity index (χ3v) is 7.27. The van der Waals surface area contributed by atoms with Gasteiger partial charge in [-0.1, -0.05) is 58.4 Å². The molecule has 2 heterocycles. The molecule has 9 heteroatoms. The first-order valence-electron chi connectivity index (χ1n) is 10.9. The van der Waals surface area contributed by atoms with E-state index in [0.717, 1.165) is 16.6 Å². The number of nitrogens with one attached hydrogen (secondary N) is 1. The van der Waals surface area contributed by atoms with E-state index in [1.807, 2.05) is 0 Å². The lowest BCUT2D eigenvalue weighted by Crippen LogP contribution is -2.57. The monoisotopic (exact) mass is 540 g/mol. The van der Waals surface area contributed by atoms with Crippen molar-refractivity contribution in [2.24, 2.45) is 11.8 Å². The number of benzene rings is 3. The van der Waals surface area contributed by atoms with E-state index in [0.29, 0.717) is 22.1 Å². The SMILES string of the molecule is O=C1[C@@H]2[C@H](c3ccc(Br)cc3)N[C@@](Cc3ccccc3)(C(=O)O)[C@H]2C(=O)N1c1ccc(F)cc1F. The molecule has 5 rings (SSSR count). The maximum atomic E-state index is 14.7. The molecule has 2 fully saturated rings. The molecular weight excluding hydrogens is 522 g/mol. The Morgan fingerprint density at radius 2 is 1.69 bits per heavy atom. The van der Waals surface area contributed by atoms with Gasteiger partial charge in [-0.05, 0) is 35.4 Å². The molecule has 0 bridgehead atoms. The summed E-state index contributed by atoms with van der Waals surface area (Å²) in [5.41, 5.74) is -0.961. The number of nitrogens with zero attached hydrogens (tertiary/aromatic N) is 1. The van der Waals surface area contributed by atoms with Gasteiger partial charge in [-0.3, -0.25) is 19.7 Å². The van der Waals surface area contributed by atoms with Crippen LogP contribution < -0.4 is 10.2 Å². The van der Waals surface area contributed by atoms with Gasteiger partial charge in [-0.15, -0.1) is 0 Å². The Balaban J connectivity index is 1.67. The number of anilines is 1. The molecule has 2 N–H and O–H groups in total. The predicted molar refractivity (Wildman–Crippen MR) is 126 cm³/mol. The van der Waals surface area contributed by atoms with Crippen LogP contribution >= 0.6 is 15.9 Å². The number of aliphatic carboxylic acids is 1. The van der Waals surface area contributed by atoms with E-state index in [1.165, 1.54) is 0 Å². The molecule has 2 aliphatic rings. The average Bonchev–Trinajstić information content (AvgIpc) is 3.30. The fraction of sp³-hybridized carbons (Fsp3) is 0.192. The summed E-state index contributed by atoms with van der Waals surface area (Å²) >= 11 is 3.36. The highest BCUT2D eigenvalue weighted by atomic mass is 79.9. The molecule has 0 spiro atoms. The fourth-order valence-corrected chi connectivity index (χ4v) is 5.48. The summed E-state index contributed by atoms with van der Waals surface area (Å²) in [7, 11) is 0. The molecule has 35 heavy (non-hydrogen) atoms. The number of carbonyl (C=O) groups is 3. The third-order valence-electron chi connectivity index (χ3n) is 6.74. The summed E-state index contributed by atoms with van der Waals surface area (Å²) in [5.74, 6) is -7.22. The molecule has 2 amide bonds. The quantitative estimate of drug-likeness (QED) is 0.472. The van der Waals surface area contributed by atoms with Gasteiger partial charge in [0.25, 0.3) is 0 Å². The number of halogens is 3. The first-order valence-corrected chi connectivity index (χ1v) is 11.7. The molecule has 6 nitrogen and oxygen atoms in total. The predicted octanol–water partition coefficient (Wildman–Crippen LogP) is 4.24. The summed E-state index contributed by atoms with van der Waals surface area (Å²) in [4.78, 5) is 40.9. The fourth-order valence-electron chi connectivity index (χ4n) is 5.21. The van der Waals surface area contributed by atoms with Gasteiger partial charge in [-0.2, -0.15) is 0 Å². The molecule has 0 radical (unpaired) electrons. The van der Waals surface area contributed by atoms with Crippen molar-refractivity contribution in [2.75, 3.05) is 4.90 Å². The minimum Gasteiger partial charge on any atom is -0.480 e. The third kappa shape index (κ3) is 3.75. The summed E-state index contributed by atoms with van der Waals surface area (Å²) in [6.45, 7) is 0. The molecule has 4 atom stereocenters. The Morgan fingerprint density at radius 1 is 1.00 bits per heavy atom. The maximum Gasteiger partial charge on any atom is 0.325 e. The lowest BCUT2D eigenvalue weighted by atomic mass is 9.76. The molecule has 3 aromatic rings. The number of hydrogen-bond donors (Lipinski definition) is 2. The molecular formula is C26H19BrF2N2O4. The Hall–Kier alpha value is -3.43. The molecule has 0 unspecified atom stereocenters. The van der Waals surface area contributed by atoms with E-state index in [-0.39, 0.29) is 6.42 Å². The Morgan fingerprint density at radius 3 is 2.31 bits per heavy atom. The standard InChI is InChI=1S/C26H19BrF2N2O4/c27-16-8-6-15(7-9-16)22-20-21(26(30-22,25(34)35)13-14-4-2-1-3-5-14)24(33)31(23(20)32)19-11-10-17(28)12-18(19)29/h1-12,20-22,30H,13H2,(H,34,35)/t20-,21+,22-,26+/m0/s1. The lowest BCUT2D eigenvalue weighted by molar-refractivity contribution is -0.148. The zero-order valence-corrected chi connectivity index (χ0v) is 19.7. The van der Waals surface area contributed by atoms with Gasteiger partial charge >= 0.3 is 5.97 Å². The molecule has 0 saturated carbocycles. The van der Waals surface area contributed by atoms with Gasteiger partial charge in [0.05, 0.1) is 17.5 Å². The maximum absolute atomic E-state index is 14.7. The van der Waals surface area contributed by atoms with Crippen LogP contribution in [0, 0.1) is 23.5 Å². The second-order valence-corrected chi connectivity index (χ2v) is 9.64. The van der Waals surface area contributed by atoms with Gasteiger partial charge in [0.2, 0.25) is 11.8 Å². The topological polar surface area (TPSA) is 86.7 Å². The number of fused-ring (bicyclic) bond motifs is 1. The van der Waals surface area contributed by atoms with E-state index < -0.39 is 58.5 Å². The molecule has 0 aromatic heterocycles. The normalized spacial score (nSPS) is 25.7. The molecule has 2 saturated heterocycles. The summed E-state index contributed by atoms with van der Waals surface area (Å²) < 4.78 is 29.0. The van der Waals surface area contributed by atoms with E-state index >= 15 is 0 Å². The van der Waals surface area contributed by atoms with Gasteiger partial charge in [0.15, 0.2) is 0 Å². The van der Waals surface area contributed by atoms with Crippen LogP contribution in [0.15, 0.2) is 77.3 Å². The molecule has 2 aliphatic heterocycles. The Labute approximate surface area is 207 Å². The van der Waals surface area contributed by atoms with Crippen molar-refractivity contribution in [2.45, 2.75) is 18.0 Å². The van der Waals surface area contributed by atoms with Crippen molar-refractivity contribution >= 4 is 39.4 Å². The van der Waals surface area contributed by atoms with Gasteiger partial charge in [0, 0.05) is 23.0 Å². The van der Waals surface area contributed by atoms with E-state index in [4.69, 9.17) is 0 Å². The van der Waals surface area contributed by atoms with E-state index in [9.17, 15) is 28.3 Å². The number of rotatable bonds is 5. The molecule has 178 valence electrons. The second kappa shape index (κ2) is 8.66. The first-order chi connectivity index (χ1) is 16.7. The Kier molecular flexibility index (Phi) is 5.77. The van der Waals surface area contributed by atoms with Crippen LogP contribution in [0.3, 0.4) is 0 Å². The van der Waals surface area contributed by atoms with Crippen molar-refractivity contribution in [3.8, 4) is 0 Å². The highest BCUT2D eigenvalue weighted by molar-refractivity contribution is 9.10. The van der Waals surface area contributed by atoms with Crippen LogP contribution in [0.4, 0.5) is 14.5 Å². The number of hydrogen-bond acceptors (Lipinski definition) is 4. The minimum absolute atomic E-state index is 0.0733. The van der Waals surface area contributed by atoms with Crippen LogP contribution in [-0.2, 0) is 20.8 Å². The Bertz CT molecular complexity index is 1330. The van der Waals surface area contributed by atoms with Crippen molar-refractivity contribution in [3.05, 3.63) is 100 Å². The van der Waals surface area contributed by atoms with Crippen LogP contribution in [0.5, 0.6) is 0 Å².